The van der Waals surface area contributed by atoms with Gasteiger partial charge >= 0.3 is 0 Å². The number of rotatable bonds is 7. The lowest BCUT2D eigenvalue weighted by atomic mass is 9.91. The second kappa shape index (κ2) is 10.3. The monoisotopic (exact) mass is 436 g/mol. The van der Waals surface area contributed by atoms with Crippen molar-refractivity contribution in [3.05, 3.63) is 99.0 Å². The molecule has 3 nitrogen and oxygen atoms in total. The fourth-order valence-corrected chi connectivity index (χ4v) is 3.75. The van der Waals surface area contributed by atoms with Crippen LogP contribution in [0, 0.1) is 18.3 Å². The van der Waals surface area contributed by atoms with Gasteiger partial charge in [0.2, 0.25) is 5.91 Å². The quantitative estimate of drug-likeness (QED) is 0.436. The van der Waals surface area contributed by atoms with Crippen LogP contribution < -0.4 is 5.32 Å². The van der Waals surface area contributed by atoms with Crippen molar-refractivity contribution in [1.82, 2.24) is 0 Å². The van der Waals surface area contributed by atoms with Crippen LogP contribution in [0.2, 0.25) is 10.0 Å². The van der Waals surface area contributed by atoms with Gasteiger partial charge in [-0.3, -0.25) is 4.79 Å². The fraction of sp³-hybridized carbons (Fsp3) is 0.200. The minimum absolute atomic E-state index is 0.0487. The highest BCUT2D eigenvalue weighted by Gasteiger charge is 2.19. The van der Waals surface area contributed by atoms with Crippen molar-refractivity contribution in [2.24, 2.45) is 0 Å². The van der Waals surface area contributed by atoms with E-state index in [9.17, 15) is 10.1 Å². The summed E-state index contributed by atoms with van der Waals surface area (Å²) < 4.78 is 0. The Bertz CT molecular complexity index is 1060. The second-order valence-electron chi connectivity index (χ2n) is 7.19. The SMILES string of the molecule is Cc1cc(C(C#N)c2ccc(Cl)cc2)c(Cl)cc1NC(=O)CCCc1ccccc1. The molecule has 0 aliphatic carbocycles. The van der Waals surface area contributed by atoms with Gasteiger partial charge < -0.3 is 5.32 Å². The van der Waals surface area contributed by atoms with Crippen molar-refractivity contribution in [3.8, 4) is 6.07 Å². The van der Waals surface area contributed by atoms with Crippen LogP contribution in [0.4, 0.5) is 5.69 Å². The summed E-state index contributed by atoms with van der Waals surface area (Å²) in [7, 11) is 0. The minimum atomic E-state index is -0.510. The predicted molar refractivity (Wildman–Crippen MR) is 123 cm³/mol. The first-order valence-corrected chi connectivity index (χ1v) is 10.5. The largest absolute Gasteiger partial charge is 0.326 e. The van der Waals surface area contributed by atoms with E-state index in [-0.39, 0.29) is 5.91 Å². The summed E-state index contributed by atoms with van der Waals surface area (Å²) in [5.41, 5.74) is 4.28. The van der Waals surface area contributed by atoms with Gasteiger partial charge in [-0.1, -0.05) is 71.7 Å². The highest BCUT2D eigenvalue weighted by molar-refractivity contribution is 6.32. The molecule has 3 rings (SSSR count). The molecule has 5 heteroatoms. The van der Waals surface area contributed by atoms with Crippen molar-refractivity contribution >= 4 is 34.8 Å². The maximum atomic E-state index is 12.4. The molecule has 1 N–H and O–H groups in total. The average molecular weight is 437 g/mol. The number of nitrogens with zero attached hydrogens (tertiary/aromatic N) is 1. The summed E-state index contributed by atoms with van der Waals surface area (Å²) in [4.78, 5) is 12.4. The molecule has 0 saturated heterocycles. The molecule has 1 amide bonds. The predicted octanol–water partition coefficient (Wildman–Crippen LogP) is 6.92. The first-order valence-electron chi connectivity index (χ1n) is 9.77. The number of carbonyl (C=O) groups is 1. The van der Waals surface area contributed by atoms with Crippen LogP contribution in [0.5, 0.6) is 0 Å². The van der Waals surface area contributed by atoms with E-state index in [0.29, 0.717) is 27.7 Å². The van der Waals surface area contributed by atoms with Gasteiger partial charge in [-0.05, 0) is 60.2 Å². The van der Waals surface area contributed by atoms with E-state index in [1.807, 2.05) is 43.3 Å². The molecule has 0 fully saturated rings. The molecule has 0 bridgehead atoms. The Balaban J connectivity index is 1.68. The average Bonchev–Trinajstić information content (AvgIpc) is 2.74. The zero-order valence-corrected chi connectivity index (χ0v) is 18.2. The molecule has 0 aliphatic rings. The lowest BCUT2D eigenvalue weighted by Crippen LogP contribution is -2.13. The van der Waals surface area contributed by atoms with Crippen LogP contribution in [-0.4, -0.2) is 5.91 Å². The number of halogens is 2. The Kier molecular flexibility index (Phi) is 7.52. The third kappa shape index (κ3) is 5.63. The van der Waals surface area contributed by atoms with E-state index in [1.54, 1.807) is 18.2 Å². The van der Waals surface area contributed by atoms with Gasteiger partial charge in [0.1, 0.15) is 0 Å². The van der Waals surface area contributed by atoms with Gasteiger partial charge in [0.15, 0.2) is 0 Å². The number of hydrogen-bond donors (Lipinski definition) is 1. The van der Waals surface area contributed by atoms with Crippen molar-refractivity contribution in [2.75, 3.05) is 5.32 Å². The van der Waals surface area contributed by atoms with Gasteiger partial charge in [-0.15, -0.1) is 0 Å². The summed E-state index contributed by atoms with van der Waals surface area (Å²) >= 11 is 12.4. The smallest absolute Gasteiger partial charge is 0.224 e. The van der Waals surface area contributed by atoms with E-state index in [1.165, 1.54) is 5.56 Å². The Labute approximate surface area is 187 Å². The Morgan fingerprint density at radius 1 is 1.07 bits per heavy atom. The normalized spacial score (nSPS) is 11.5. The zero-order valence-electron chi connectivity index (χ0n) is 16.7. The second-order valence-corrected chi connectivity index (χ2v) is 8.03. The van der Waals surface area contributed by atoms with Crippen LogP contribution in [-0.2, 0) is 11.2 Å². The molecule has 0 spiro atoms. The molecule has 152 valence electrons. The van der Waals surface area contributed by atoms with E-state index in [0.717, 1.165) is 24.0 Å². The van der Waals surface area contributed by atoms with Crippen LogP contribution in [0.1, 0.15) is 41.0 Å². The summed E-state index contributed by atoms with van der Waals surface area (Å²) in [6, 6.07) is 23.2. The van der Waals surface area contributed by atoms with E-state index >= 15 is 0 Å². The third-order valence-corrected chi connectivity index (χ3v) is 5.55. The van der Waals surface area contributed by atoms with Gasteiger partial charge in [0.25, 0.3) is 0 Å². The molecule has 0 saturated carbocycles. The number of nitriles is 1. The Morgan fingerprint density at radius 3 is 2.43 bits per heavy atom. The lowest BCUT2D eigenvalue weighted by molar-refractivity contribution is -0.116. The molecule has 1 unspecified atom stereocenters. The highest BCUT2D eigenvalue weighted by atomic mass is 35.5. The van der Waals surface area contributed by atoms with Gasteiger partial charge in [0, 0.05) is 22.2 Å². The molecule has 0 radical (unpaired) electrons. The van der Waals surface area contributed by atoms with Gasteiger partial charge in [-0.2, -0.15) is 5.26 Å². The molecule has 3 aromatic rings. The van der Waals surface area contributed by atoms with Crippen LogP contribution >= 0.6 is 23.2 Å². The summed E-state index contributed by atoms with van der Waals surface area (Å²) in [5.74, 6) is -0.559. The Morgan fingerprint density at radius 2 is 1.77 bits per heavy atom. The number of carbonyl (C=O) groups excluding carboxylic acids is 1. The first-order chi connectivity index (χ1) is 14.5. The minimum Gasteiger partial charge on any atom is -0.326 e. The van der Waals surface area contributed by atoms with E-state index < -0.39 is 5.92 Å². The van der Waals surface area contributed by atoms with Crippen molar-refractivity contribution < 1.29 is 4.79 Å². The fourth-order valence-electron chi connectivity index (χ4n) is 3.35. The van der Waals surface area contributed by atoms with Crippen LogP contribution in [0.25, 0.3) is 0 Å². The number of anilines is 1. The summed E-state index contributed by atoms with van der Waals surface area (Å²) in [6.45, 7) is 1.90. The summed E-state index contributed by atoms with van der Waals surface area (Å²) in [5, 5.41) is 13.7. The topological polar surface area (TPSA) is 52.9 Å². The lowest BCUT2D eigenvalue weighted by Gasteiger charge is -2.16. The van der Waals surface area contributed by atoms with Crippen LogP contribution in [0.3, 0.4) is 0 Å². The van der Waals surface area contributed by atoms with E-state index in [2.05, 4.69) is 23.5 Å². The van der Waals surface area contributed by atoms with Gasteiger partial charge in [-0.25, -0.2) is 0 Å². The zero-order chi connectivity index (χ0) is 21.5. The van der Waals surface area contributed by atoms with Crippen molar-refractivity contribution in [2.45, 2.75) is 32.1 Å². The number of benzene rings is 3. The molecule has 3 aromatic carbocycles. The molecule has 0 aliphatic heterocycles. The van der Waals surface area contributed by atoms with Gasteiger partial charge in [0.05, 0.1) is 12.0 Å². The summed E-state index contributed by atoms with van der Waals surface area (Å²) in [6.07, 6.45) is 2.06. The Hall–Kier alpha value is -2.80. The molecule has 1 atom stereocenters. The molecule has 30 heavy (non-hydrogen) atoms. The van der Waals surface area contributed by atoms with Crippen LogP contribution in [0.15, 0.2) is 66.7 Å². The maximum absolute atomic E-state index is 12.4. The third-order valence-electron chi connectivity index (χ3n) is 4.97. The number of hydrogen-bond acceptors (Lipinski definition) is 2. The maximum Gasteiger partial charge on any atom is 0.224 e. The number of nitrogens with one attached hydrogen (secondary N) is 1. The molecular weight excluding hydrogens is 415 g/mol. The standard InChI is InChI=1S/C25H22Cl2N2O/c1-17-14-21(22(16-28)19-10-12-20(26)13-11-19)23(27)15-24(17)29-25(30)9-5-8-18-6-3-2-4-7-18/h2-4,6-7,10-15,22H,5,8-9H2,1H3,(H,29,30). The highest BCUT2D eigenvalue weighted by Crippen LogP contribution is 2.34. The van der Waals surface area contributed by atoms with Crippen molar-refractivity contribution in [3.63, 3.8) is 0 Å². The molecular formula is C25H22Cl2N2O. The molecule has 0 heterocycles. The van der Waals surface area contributed by atoms with Crippen molar-refractivity contribution in [1.29, 1.82) is 5.26 Å². The number of aryl methyl sites for hydroxylation is 2. The number of amides is 1. The first kappa shape index (κ1) is 21.9. The van der Waals surface area contributed by atoms with E-state index in [4.69, 9.17) is 23.2 Å². The molecule has 0 aromatic heterocycles.